The summed E-state index contributed by atoms with van der Waals surface area (Å²) < 4.78 is 12.0. The molecule has 44 heavy (non-hydrogen) atoms. The van der Waals surface area contributed by atoms with E-state index in [4.69, 9.17) is 20.4 Å². The van der Waals surface area contributed by atoms with E-state index in [2.05, 4.69) is 0 Å². The highest BCUT2D eigenvalue weighted by Crippen LogP contribution is 2.48. The van der Waals surface area contributed by atoms with Gasteiger partial charge in [0, 0.05) is 51.2 Å². The Kier molecular flexibility index (Phi) is 6.02. The van der Waals surface area contributed by atoms with E-state index in [1.54, 1.807) is 50.2 Å². The van der Waals surface area contributed by atoms with Crippen molar-refractivity contribution in [3.05, 3.63) is 115 Å². The van der Waals surface area contributed by atoms with E-state index in [-0.39, 0.29) is 50.0 Å². The number of rotatable bonds is 3. The second-order valence-electron chi connectivity index (χ2n) is 10.7. The van der Waals surface area contributed by atoms with Gasteiger partial charge in [-0.3, -0.25) is 9.59 Å². The Morgan fingerprint density at radius 2 is 1.32 bits per heavy atom. The molecule has 3 aromatic carbocycles. The Bertz CT molecular complexity index is 2420. The molecule has 0 fully saturated rings. The summed E-state index contributed by atoms with van der Waals surface area (Å²) in [5.41, 5.74) is 3.85. The number of phenolic OH excluding ortho intramolecular Hbond substituents is 2. The first kappa shape index (κ1) is 27.2. The van der Waals surface area contributed by atoms with Gasteiger partial charge in [-0.1, -0.05) is 23.7 Å². The molecule has 9 heteroatoms. The van der Waals surface area contributed by atoms with Crippen molar-refractivity contribution >= 4 is 39.5 Å². The van der Waals surface area contributed by atoms with Crippen LogP contribution in [0.4, 0.5) is 0 Å². The van der Waals surface area contributed by atoms with Crippen LogP contribution in [0.5, 0.6) is 11.5 Å². The molecule has 0 radical (unpaired) electrons. The first-order chi connectivity index (χ1) is 21.0. The molecule has 0 saturated heterocycles. The van der Waals surface area contributed by atoms with Gasteiger partial charge in [0.2, 0.25) is 0 Å². The van der Waals surface area contributed by atoms with Gasteiger partial charge >= 0.3 is 5.97 Å². The Hall–Kier alpha value is -5.60. The Balaban J connectivity index is 1.59. The molecule has 3 aromatic rings. The molecular formula is C35H21ClO8. The molecule has 216 valence electrons. The number of phenols is 2. The van der Waals surface area contributed by atoms with Crippen LogP contribution in [-0.2, 0) is 0 Å². The molecule has 8 nitrogen and oxygen atoms in total. The van der Waals surface area contributed by atoms with Crippen LogP contribution >= 0.6 is 11.6 Å². The van der Waals surface area contributed by atoms with Crippen LogP contribution in [0, 0.1) is 13.8 Å². The zero-order valence-electron chi connectivity index (χ0n) is 23.2. The van der Waals surface area contributed by atoms with E-state index >= 15 is 0 Å². The molecule has 2 aliphatic carbocycles. The Morgan fingerprint density at radius 3 is 2.00 bits per heavy atom. The highest BCUT2D eigenvalue weighted by molar-refractivity contribution is 6.37. The van der Waals surface area contributed by atoms with Crippen LogP contribution in [0.2, 0.25) is 5.02 Å². The molecule has 2 heterocycles. The largest absolute Gasteiger partial charge is 0.508 e. The summed E-state index contributed by atoms with van der Waals surface area (Å²) in [5, 5.41) is 32.5. The minimum Gasteiger partial charge on any atom is -0.508 e. The van der Waals surface area contributed by atoms with Crippen molar-refractivity contribution in [3.63, 3.8) is 0 Å². The molecule has 0 atom stereocenters. The van der Waals surface area contributed by atoms with E-state index in [1.165, 1.54) is 36.4 Å². The summed E-state index contributed by atoms with van der Waals surface area (Å²) in [4.78, 5) is 37.4. The summed E-state index contributed by atoms with van der Waals surface area (Å²) in [5.74, 6) is -0.923. The number of aryl methyl sites for hydroxylation is 2. The highest BCUT2D eigenvalue weighted by Gasteiger charge is 2.26. The molecule has 4 aliphatic rings. The maximum absolute atomic E-state index is 12.9. The number of hydrogen-bond donors (Lipinski definition) is 3. The predicted octanol–water partition coefficient (Wildman–Crippen LogP) is 7.82. The van der Waals surface area contributed by atoms with E-state index < -0.39 is 5.97 Å². The van der Waals surface area contributed by atoms with Crippen molar-refractivity contribution in [1.29, 1.82) is 0 Å². The van der Waals surface area contributed by atoms with Gasteiger partial charge in [-0.05, 0) is 78.6 Å². The SMILES string of the molecule is Cc1cc2c(-c3ccc(-c4c5ccc(=O)cc-5oc5c(Cl)c(O)c(C)cc45)c(C(=O)O)c3)c3ccc(=O)cc-3oc2cc1O. The van der Waals surface area contributed by atoms with Gasteiger partial charge in [-0.15, -0.1) is 0 Å². The van der Waals surface area contributed by atoms with E-state index in [9.17, 15) is 29.7 Å². The minimum atomic E-state index is -1.21. The predicted molar refractivity (Wildman–Crippen MR) is 167 cm³/mol. The van der Waals surface area contributed by atoms with Crippen LogP contribution in [0.3, 0.4) is 0 Å². The van der Waals surface area contributed by atoms with Gasteiger partial charge in [0.1, 0.15) is 33.6 Å². The molecular weight excluding hydrogens is 584 g/mol. The van der Waals surface area contributed by atoms with Gasteiger partial charge in [0.15, 0.2) is 16.4 Å². The third-order valence-electron chi connectivity index (χ3n) is 7.91. The van der Waals surface area contributed by atoms with Gasteiger partial charge in [0.05, 0.1) is 5.56 Å². The monoisotopic (exact) mass is 604 g/mol. The summed E-state index contributed by atoms with van der Waals surface area (Å²) in [6.45, 7) is 3.41. The van der Waals surface area contributed by atoms with Crippen molar-refractivity contribution in [1.82, 2.24) is 0 Å². The molecule has 0 unspecified atom stereocenters. The number of carboxylic acid groups (broad SMARTS) is 1. The lowest BCUT2D eigenvalue weighted by Gasteiger charge is -2.20. The maximum atomic E-state index is 12.9. The molecule has 0 saturated carbocycles. The quantitative estimate of drug-likeness (QED) is 0.173. The average molecular weight is 605 g/mol. The summed E-state index contributed by atoms with van der Waals surface area (Å²) in [6.07, 6.45) is 0. The number of aromatic hydroxyl groups is 2. The summed E-state index contributed by atoms with van der Waals surface area (Å²) >= 11 is 6.50. The van der Waals surface area contributed by atoms with Crippen molar-refractivity contribution in [2.75, 3.05) is 0 Å². The second-order valence-corrected chi connectivity index (χ2v) is 11.1. The Morgan fingerprint density at radius 1 is 0.705 bits per heavy atom. The molecule has 0 aromatic heterocycles. The van der Waals surface area contributed by atoms with Gasteiger partial charge in [0.25, 0.3) is 0 Å². The van der Waals surface area contributed by atoms with Crippen LogP contribution < -0.4 is 10.9 Å². The van der Waals surface area contributed by atoms with E-state index in [0.29, 0.717) is 60.9 Å². The number of carboxylic acids is 1. The summed E-state index contributed by atoms with van der Waals surface area (Å²) in [6, 6.07) is 18.5. The molecule has 2 aliphatic heterocycles. The first-order valence-electron chi connectivity index (χ1n) is 13.5. The number of halogens is 1. The summed E-state index contributed by atoms with van der Waals surface area (Å²) in [7, 11) is 0. The van der Waals surface area contributed by atoms with Gasteiger partial charge in [-0.25, -0.2) is 4.79 Å². The van der Waals surface area contributed by atoms with Crippen molar-refractivity contribution in [2.45, 2.75) is 13.8 Å². The zero-order valence-corrected chi connectivity index (χ0v) is 23.9. The van der Waals surface area contributed by atoms with E-state index in [1.807, 2.05) is 0 Å². The van der Waals surface area contributed by atoms with Crippen LogP contribution in [-0.4, -0.2) is 21.3 Å². The number of fused-ring (bicyclic) bond motifs is 4. The van der Waals surface area contributed by atoms with Crippen LogP contribution in [0.1, 0.15) is 21.5 Å². The lowest BCUT2D eigenvalue weighted by atomic mass is 9.87. The van der Waals surface area contributed by atoms with Crippen molar-refractivity contribution in [2.24, 2.45) is 0 Å². The normalized spacial score (nSPS) is 11.6. The number of carbonyl (C=O) groups is 1. The molecule has 0 spiro atoms. The fraction of sp³-hybridized carbons (Fsp3) is 0.0571. The third kappa shape index (κ3) is 4.11. The van der Waals surface area contributed by atoms with Gasteiger partial charge < -0.3 is 24.2 Å². The fourth-order valence-electron chi connectivity index (χ4n) is 5.79. The zero-order chi connectivity index (χ0) is 31.0. The average Bonchev–Trinajstić information content (AvgIpc) is 2.98. The van der Waals surface area contributed by atoms with Crippen LogP contribution in [0.15, 0.2) is 91.2 Å². The number of benzene rings is 5. The first-order valence-corrected chi connectivity index (χ1v) is 13.9. The number of aromatic carboxylic acids is 1. The van der Waals surface area contributed by atoms with Crippen molar-refractivity contribution in [3.8, 4) is 56.4 Å². The second kappa shape index (κ2) is 9.72. The molecule has 7 rings (SSSR count). The maximum Gasteiger partial charge on any atom is 0.336 e. The Labute approximate surface area is 253 Å². The van der Waals surface area contributed by atoms with Crippen molar-refractivity contribution < 1.29 is 28.9 Å². The highest BCUT2D eigenvalue weighted by atomic mass is 35.5. The molecule has 0 amide bonds. The van der Waals surface area contributed by atoms with E-state index in [0.717, 1.165) is 0 Å². The standard InChI is InChI=1S/C35H21ClO8/c1-15-9-24-29(14-26(15)39)43-27-12-18(37)4-7-21(27)30(24)17-3-6-20(23(11-17)35(41)42)31-22-8-5-19(38)13-28(22)44-34-25(31)10-16(2)33(40)32(34)36/h3-14,39-40H,1-2H3,(H,41,42). The fourth-order valence-corrected chi connectivity index (χ4v) is 6.08. The smallest absolute Gasteiger partial charge is 0.336 e. The molecule has 0 bridgehead atoms. The minimum absolute atomic E-state index is 0.0147. The molecule has 3 N–H and O–H groups in total. The van der Waals surface area contributed by atoms with Crippen LogP contribution in [0.25, 0.3) is 66.8 Å². The topological polar surface area (TPSA) is 138 Å². The van der Waals surface area contributed by atoms with Gasteiger partial charge in [-0.2, -0.15) is 0 Å². The lowest BCUT2D eigenvalue weighted by molar-refractivity contribution is 0.0697. The number of hydrogen-bond acceptors (Lipinski definition) is 7. The third-order valence-corrected chi connectivity index (χ3v) is 8.26. The lowest BCUT2D eigenvalue weighted by Crippen LogP contribution is -2.05.